The molecular weight excluding hydrogens is 224 g/mol. The normalized spacial score (nSPS) is 7.38. The summed E-state index contributed by atoms with van der Waals surface area (Å²) >= 11 is 0. The molecule has 0 rings (SSSR count). The van der Waals surface area contributed by atoms with Crippen molar-refractivity contribution in [2.75, 3.05) is 0 Å². The van der Waals surface area contributed by atoms with Crippen LogP contribution in [0.1, 0.15) is 0 Å². The molecule has 0 aliphatic rings. The second-order valence-corrected chi connectivity index (χ2v) is 1.34. The first-order valence-corrected chi connectivity index (χ1v) is 2.19. The summed E-state index contributed by atoms with van der Waals surface area (Å²) in [6.45, 7) is 0. The zero-order chi connectivity index (χ0) is 4.50. The van der Waals surface area contributed by atoms with Gasteiger partial charge in [0, 0.05) is 18.6 Å². The van der Waals surface area contributed by atoms with Crippen molar-refractivity contribution in [3.05, 3.63) is 0 Å². The molecule has 0 unspecified atom stereocenters. The molecular formula is MnNaO4PV. The average Bonchev–Trinajstić information content (AvgIpc) is 0.722. The van der Waals surface area contributed by atoms with Gasteiger partial charge in [-0.25, -0.2) is 0 Å². The Labute approximate surface area is 91.3 Å². The van der Waals surface area contributed by atoms with E-state index in [1.54, 1.807) is 0 Å². The molecule has 0 heterocycles. The molecule has 0 aromatic heterocycles. The number of hydrogen-bond acceptors (Lipinski definition) is 4. The van der Waals surface area contributed by atoms with Crippen LogP contribution in [-0.2, 0) is 40.2 Å². The Balaban J connectivity index is -0.0000000267. The Bertz CT molecular complexity index is 62.2. The minimum absolute atomic E-state index is 0. The summed E-state index contributed by atoms with van der Waals surface area (Å²) in [5.74, 6) is 0. The van der Waals surface area contributed by atoms with Gasteiger partial charge in [-0.3, -0.25) is 0 Å². The standard InChI is InChI=1S/Mn.Na.H3O4P.V/c;;1-5(2,3)4;/h;;(H3,1,2,3,4);/q+2;+1;;/p-3. The van der Waals surface area contributed by atoms with E-state index in [0.717, 1.165) is 0 Å². The molecule has 0 bridgehead atoms. The summed E-state index contributed by atoms with van der Waals surface area (Å²) in [6.07, 6.45) is 0. The fourth-order valence-corrected chi connectivity index (χ4v) is 0. The van der Waals surface area contributed by atoms with Crippen LogP contribution in [0.3, 0.4) is 0 Å². The first kappa shape index (κ1) is 22.5. The monoisotopic (exact) mass is 224 g/mol. The Kier molecular flexibility index (Phi) is 25.9. The van der Waals surface area contributed by atoms with Crippen molar-refractivity contribution in [1.29, 1.82) is 0 Å². The summed E-state index contributed by atoms with van der Waals surface area (Å²) in [7, 11) is -5.39. The van der Waals surface area contributed by atoms with Gasteiger partial charge in [-0.05, 0) is 0 Å². The second-order valence-electron chi connectivity index (χ2n) is 0.447. The van der Waals surface area contributed by atoms with Crippen molar-refractivity contribution < 1.29 is 84.4 Å². The fraction of sp³-hybridized carbons (Fsp3) is 0. The van der Waals surface area contributed by atoms with Crippen LogP contribution in [0.2, 0.25) is 0 Å². The molecule has 0 aliphatic heterocycles. The van der Waals surface area contributed by atoms with E-state index in [0.29, 0.717) is 0 Å². The summed E-state index contributed by atoms with van der Waals surface area (Å²) in [5.41, 5.74) is 0. The molecule has 42 valence electrons. The smallest absolute Gasteiger partial charge is 0.822 e. The van der Waals surface area contributed by atoms with Gasteiger partial charge < -0.3 is 19.2 Å². The van der Waals surface area contributed by atoms with Gasteiger partial charge >= 0.3 is 46.6 Å². The Hall–Kier alpha value is 2.21. The maximum Gasteiger partial charge on any atom is 2.00 e. The van der Waals surface area contributed by atoms with E-state index in [-0.39, 0.29) is 65.2 Å². The van der Waals surface area contributed by atoms with Crippen LogP contribution >= 0.6 is 7.82 Å². The molecule has 0 saturated heterocycles. The number of hydrogen-bond donors (Lipinski definition) is 0. The second kappa shape index (κ2) is 9.21. The maximum atomic E-state index is 8.55. The Morgan fingerprint density at radius 3 is 1.12 bits per heavy atom. The maximum absolute atomic E-state index is 8.55. The van der Waals surface area contributed by atoms with E-state index in [1.807, 2.05) is 0 Å². The fourth-order valence-electron chi connectivity index (χ4n) is 0. The summed E-state index contributed by atoms with van der Waals surface area (Å²) in [5, 5.41) is 0. The van der Waals surface area contributed by atoms with E-state index in [1.165, 1.54) is 0 Å². The molecule has 0 amide bonds. The van der Waals surface area contributed by atoms with Gasteiger partial charge in [0.25, 0.3) is 0 Å². The third-order valence-corrected chi connectivity index (χ3v) is 0. The molecule has 0 aromatic rings. The van der Waals surface area contributed by atoms with Gasteiger partial charge in [0.05, 0.1) is 0 Å². The molecule has 0 spiro atoms. The van der Waals surface area contributed by atoms with E-state index in [9.17, 15) is 0 Å². The van der Waals surface area contributed by atoms with Crippen LogP contribution in [0, 0.1) is 0 Å². The first-order valence-electron chi connectivity index (χ1n) is 0.730. The predicted molar refractivity (Wildman–Crippen MR) is 7.61 cm³/mol. The van der Waals surface area contributed by atoms with Gasteiger partial charge in [-0.1, -0.05) is 0 Å². The van der Waals surface area contributed by atoms with Crippen molar-refractivity contribution in [3.63, 3.8) is 0 Å². The van der Waals surface area contributed by atoms with Crippen molar-refractivity contribution in [3.8, 4) is 0 Å². The SMILES string of the molecule is O=P([O-])([O-])[O-].[Mn+2].[Na+].[V]. The molecule has 8 heteroatoms. The average molecular weight is 224 g/mol. The zero-order valence-corrected chi connectivity index (χ0v) is 9.38. The van der Waals surface area contributed by atoms with E-state index >= 15 is 0 Å². The molecule has 0 atom stereocenters. The van der Waals surface area contributed by atoms with Crippen LogP contribution in [0.25, 0.3) is 0 Å². The van der Waals surface area contributed by atoms with Gasteiger partial charge in [-0.2, -0.15) is 7.82 Å². The van der Waals surface area contributed by atoms with E-state index < -0.39 is 7.82 Å². The van der Waals surface area contributed by atoms with Gasteiger partial charge in [0.2, 0.25) is 0 Å². The number of rotatable bonds is 0. The van der Waals surface area contributed by atoms with Crippen molar-refractivity contribution in [2.24, 2.45) is 0 Å². The van der Waals surface area contributed by atoms with Gasteiger partial charge in [-0.15, -0.1) is 0 Å². The topological polar surface area (TPSA) is 86.2 Å². The molecule has 0 N–H and O–H groups in total. The van der Waals surface area contributed by atoms with Gasteiger partial charge in [0.15, 0.2) is 0 Å². The molecule has 0 fully saturated rings. The molecule has 0 saturated carbocycles. The van der Waals surface area contributed by atoms with E-state index in [2.05, 4.69) is 0 Å². The Morgan fingerprint density at radius 2 is 1.12 bits per heavy atom. The summed E-state index contributed by atoms with van der Waals surface area (Å²) < 4.78 is 8.55. The third kappa shape index (κ3) is 87.2. The largest absolute Gasteiger partial charge is 2.00 e. The van der Waals surface area contributed by atoms with Crippen molar-refractivity contribution >= 4 is 7.82 Å². The van der Waals surface area contributed by atoms with Crippen molar-refractivity contribution in [2.45, 2.75) is 0 Å². The summed E-state index contributed by atoms with van der Waals surface area (Å²) in [4.78, 5) is 25.6. The third-order valence-electron chi connectivity index (χ3n) is 0. The minimum Gasteiger partial charge on any atom is -0.822 e. The van der Waals surface area contributed by atoms with E-state index in [4.69, 9.17) is 19.2 Å². The summed E-state index contributed by atoms with van der Waals surface area (Å²) in [6, 6.07) is 0. The molecule has 0 aliphatic carbocycles. The zero-order valence-electron chi connectivity index (χ0n) is 3.91. The van der Waals surface area contributed by atoms with Crippen LogP contribution in [0.4, 0.5) is 0 Å². The van der Waals surface area contributed by atoms with Crippen LogP contribution in [0.5, 0.6) is 0 Å². The van der Waals surface area contributed by atoms with Crippen molar-refractivity contribution in [1.82, 2.24) is 0 Å². The molecule has 2 radical (unpaired) electrons. The van der Waals surface area contributed by atoms with Gasteiger partial charge in [0.1, 0.15) is 0 Å². The van der Waals surface area contributed by atoms with Crippen LogP contribution in [-0.4, -0.2) is 0 Å². The quantitative estimate of drug-likeness (QED) is 0.303. The molecule has 0 aromatic carbocycles. The van der Waals surface area contributed by atoms with Crippen LogP contribution < -0.4 is 44.2 Å². The van der Waals surface area contributed by atoms with Crippen LogP contribution in [0.15, 0.2) is 0 Å². The first-order chi connectivity index (χ1) is 2.00. The molecule has 4 nitrogen and oxygen atoms in total. The minimum atomic E-state index is -5.39. The number of phosphoric acid groups is 1. The predicted octanol–water partition coefficient (Wildman–Crippen LogP) is -5.83. The Morgan fingerprint density at radius 1 is 1.12 bits per heavy atom. The molecule has 8 heavy (non-hydrogen) atoms.